The Morgan fingerprint density at radius 3 is 1.94 bits per heavy atom. The molecule has 0 N–H and O–H groups in total. The lowest BCUT2D eigenvalue weighted by Crippen LogP contribution is -2.58. The summed E-state index contributed by atoms with van der Waals surface area (Å²) < 4.78 is 100. The van der Waals surface area contributed by atoms with Crippen molar-refractivity contribution in [3.8, 4) is 57.0 Å². The van der Waals surface area contributed by atoms with Crippen LogP contribution in [-0.2, 0) is 0 Å². The molecule has 1 aliphatic rings. The number of nitriles is 1. The second-order valence-corrected chi connectivity index (χ2v) is 19.0. The molecule has 1 aliphatic heterocycles. The third kappa shape index (κ3) is 7.67. The van der Waals surface area contributed by atoms with Crippen LogP contribution in [-0.4, -0.2) is 20.8 Å². The van der Waals surface area contributed by atoms with Gasteiger partial charge < -0.3 is 9.64 Å². The van der Waals surface area contributed by atoms with E-state index in [0.29, 0.717) is 39.6 Å². The molecular weight excluding hydrogens is 940 g/mol. The molecule has 0 saturated carbocycles. The first-order valence-corrected chi connectivity index (χ1v) is 25.1. The fourth-order valence-corrected chi connectivity index (χ4v) is 11.3. The molecular formula is C69H47BN6O. The van der Waals surface area contributed by atoms with Gasteiger partial charge in [-0.25, -0.2) is 4.98 Å². The number of hydrogen-bond acceptors (Lipinski definition) is 4. The molecule has 0 atom stereocenters. The maximum atomic E-state index is 10.1. The third-order valence-corrected chi connectivity index (χ3v) is 14.6. The molecule has 8 heteroatoms. The standard InChI is InChI=1S/C69H47BN6O/c1-46-18-15-19-47(2)68(46)70-59-28-9-11-30-62(59)75(63-31-12-10-29-60(63)70)52-38-39-72-67(42-52)76-61-37-34-48(44-71)40-58(61)57-36-35-54(43-66(57)76)77-53-25-16-24-51(41-53)73-45-74(65-33-14-13-32-64(65)73)69-55(49-20-5-3-6-21-49)26-17-27-56(69)50-22-7-4-8-23-50/h3-43H,1-2H3/i3D,4D,5D,6D,7D,8D,20D,21D,22D,23D. The summed E-state index contributed by atoms with van der Waals surface area (Å²) in [5.74, 6) is 1.61. The number of anilines is 3. The highest BCUT2D eigenvalue weighted by molar-refractivity contribution is 6.98. The maximum Gasteiger partial charge on any atom is 0.269 e. The quantitative estimate of drug-likeness (QED) is 0.0821. The minimum atomic E-state index is -0.581. The smallest absolute Gasteiger partial charge is 0.269 e. The second-order valence-electron chi connectivity index (χ2n) is 19.0. The van der Waals surface area contributed by atoms with Gasteiger partial charge in [0, 0.05) is 40.5 Å². The van der Waals surface area contributed by atoms with E-state index >= 15 is 0 Å². The van der Waals surface area contributed by atoms with Gasteiger partial charge in [0.25, 0.3) is 6.33 Å². The van der Waals surface area contributed by atoms with E-state index in [9.17, 15) is 5.26 Å². The lowest BCUT2D eigenvalue weighted by Gasteiger charge is -2.37. The number of para-hydroxylation sites is 5. The highest BCUT2D eigenvalue weighted by Crippen LogP contribution is 2.41. The van der Waals surface area contributed by atoms with E-state index in [-0.39, 0.29) is 34.7 Å². The molecule has 0 aliphatic carbocycles. The summed E-state index contributed by atoms with van der Waals surface area (Å²) in [5.41, 5.74) is 13.2. The van der Waals surface area contributed by atoms with Crippen LogP contribution in [0.2, 0.25) is 0 Å². The monoisotopic (exact) mass is 996 g/mol. The van der Waals surface area contributed by atoms with E-state index in [1.54, 1.807) is 27.3 Å². The molecule has 0 spiro atoms. The van der Waals surface area contributed by atoms with E-state index in [4.69, 9.17) is 23.4 Å². The summed E-state index contributed by atoms with van der Waals surface area (Å²) in [6.45, 7) is 4.38. The van der Waals surface area contributed by atoms with Crippen molar-refractivity contribution < 1.29 is 23.0 Å². The summed E-state index contributed by atoms with van der Waals surface area (Å²) in [5, 5.41) is 11.9. The molecule has 3 aromatic heterocycles. The Balaban J connectivity index is 0.892. The summed E-state index contributed by atoms with van der Waals surface area (Å²) in [6, 6.07) is 55.7. The number of imidazole rings is 1. The Bertz CT molecular complexity index is 4920. The zero-order valence-electron chi connectivity index (χ0n) is 51.6. The van der Waals surface area contributed by atoms with E-state index in [2.05, 4.69) is 109 Å². The van der Waals surface area contributed by atoms with Gasteiger partial charge in [-0.15, -0.1) is 0 Å². The number of fused-ring (bicyclic) bond motifs is 6. The highest BCUT2D eigenvalue weighted by atomic mass is 16.5. The molecule has 0 saturated heterocycles. The van der Waals surface area contributed by atoms with Crippen molar-refractivity contribution in [2.45, 2.75) is 13.8 Å². The zero-order chi connectivity index (χ0) is 60.3. The molecule has 0 unspecified atom stereocenters. The Hall–Kier alpha value is -10.2. The number of pyridine rings is 1. The number of aromatic nitrogens is 4. The van der Waals surface area contributed by atoms with Crippen molar-refractivity contribution in [3.05, 3.63) is 272 Å². The molecule has 14 rings (SSSR count). The minimum absolute atomic E-state index is 0.0106. The first-order chi connectivity index (χ1) is 42.1. The van der Waals surface area contributed by atoms with Crippen LogP contribution in [0.5, 0.6) is 11.5 Å². The molecule has 7 nitrogen and oxygen atoms in total. The topological polar surface area (TPSA) is 62.9 Å². The van der Waals surface area contributed by atoms with E-state index in [1.165, 1.54) is 27.5 Å². The van der Waals surface area contributed by atoms with Crippen LogP contribution in [0.1, 0.15) is 30.4 Å². The van der Waals surface area contributed by atoms with Gasteiger partial charge in [-0.3, -0.25) is 13.7 Å². The minimum Gasteiger partial charge on any atom is -0.458 e. The maximum absolute atomic E-state index is 10.1. The largest absolute Gasteiger partial charge is 0.458 e. The number of rotatable bonds is 9. The fraction of sp³-hybridized carbons (Fsp3) is 0.0290. The van der Waals surface area contributed by atoms with Gasteiger partial charge in [-0.05, 0) is 114 Å². The number of hydrogen-bond donors (Lipinski definition) is 0. The highest BCUT2D eigenvalue weighted by Gasteiger charge is 2.36. The second kappa shape index (κ2) is 18.6. The SMILES string of the molecule is [2H]c1c([2H])c([2H])c(-c2cccc(-c3c([2H])c([2H])c([2H])c([2H])c3[2H])c2-[n+]2[c-]n(-c3cccc(Oc4ccc5c6cc(C#N)ccc6n(-c6cc(N7c8ccccc8B(c8c(C)cccc8C)c8ccccc87)ccn6)c5c4)c3)c3ccccc32)c([2H])c1[2H]. The number of benzene rings is 10. The first-order valence-electron chi connectivity index (χ1n) is 30.1. The third-order valence-electron chi connectivity index (χ3n) is 14.6. The van der Waals surface area contributed by atoms with Crippen LogP contribution >= 0.6 is 0 Å². The molecule has 4 heterocycles. The lowest BCUT2D eigenvalue weighted by atomic mass is 9.34. The average Bonchev–Trinajstić information content (AvgIpc) is 2.34. The van der Waals surface area contributed by atoms with Gasteiger partial charge in [0.05, 0.1) is 64.5 Å². The average molecular weight is 997 g/mol. The van der Waals surface area contributed by atoms with Crippen LogP contribution < -0.4 is 30.6 Å². The lowest BCUT2D eigenvalue weighted by molar-refractivity contribution is -0.571. The Kier molecular flexibility index (Phi) is 8.66. The Morgan fingerprint density at radius 1 is 0.571 bits per heavy atom. The van der Waals surface area contributed by atoms with Crippen molar-refractivity contribution in [2.24, 2.45) is 0 Å². The predicted molar refractivity (Wildman–Crippen MR) is 313 cm³/mol. The van der Waals surface area contributed by atoms with Crippen LogP contribution in [0.25, 0.3) is 72.3 Å². The first kappa shape index (κ1) is 35.8. The zero-order valence-corrected chi connectivity index (χ0v) is 41.6. The van der Waals surface area contributed by atoms with Crippen LogP contribution in [0, 0.1) is 31.5 Å². The van der Waals surface area contributed by atoms with Gasteiger partial charge in [0.2, 0.25) is 6.71 Å². The van der Waals surface area contributed by atoms with Crippen molar-refractivity contribution in [3.63, 3.8) is 0 Å². The van der Waals surface area contributed by atoms with Crippen molar-refractivity contribution in [1.29, 1.82) is 5.26 Å². The van der Waals surface area contributed by atoms with E-state index in [0.717, 1.165) is 38.9 Å². The molecule has 13 aromatic rings. The van der Waals surface area contributed by atoms with Crippen LogP contribution in [0.15, 0.2) is 249 Å². The predicted octanol–water partition coefficient (Wildman–Crippen LogP) is 14.1. The van der Waals surface area contributed by atoms with Gasteiger partial charge in [-0.2, -0.15) is 5.26 Å². The Morgan fingerprint density at radius 2 is 1.22 bits per heavy atom. The molecule has 77 heavy (non-hydrogen) atoms. The van der Waals surface area contributed by atoms with Crippen molar-refractivity contribution >= 4 is 73.0 Å². The molecule has 10 aromatic carbocycles. The van der Waals surface area contributed by atoms with Gasteiger partial charge in [0.15, 0.2) is 0 Å². The number of aryl methyl sites for hydroxylation is 2. The number of nitrogens with zero attached hydrogens (tertiary/aromatic N) is 6. The summed E-state index contributed by atoms with van der Waals surface area (Å²) in [7, 11) is 0. The summed E-state index contributed by atoms with van der Waals surface area (Å²) in [6.07, 6.45) is 5.29. The molecule has 0 radical (unpaired) electrons. The normalized spacial score (nSPS) is 13.8. The summed E-state index contributed by atoms with van der Waals surface area (Å²) >= 11 is 0. The van der Waals surface area contributed by atoms with E-state index < -0.39 is 60.4 Å². The van der Waals surface area contributed by atoms with Gasteiger partial charge >= 0.3 is 0 Å². The fourth-order valence-electron chi connectivity index (χ4n) is 11.3. The van der Waals surface area contributed by atoms with Crippen LogP contribution in [0.3, 0.4) is 0 Å². The van der Waals surface area contributed by atoms with E-state index in [1.807, 2.05) is 97.2 Å². The molecule has 362 valence electrons. The molecule has 0 amide bonds. The molecule has 0 bridgehead atoms. The van der Waals surface area contributed by atoms with Crippen LogP contribution in [0.4, 0.5) is 17.1 Å². The summed E-state index contributed by atoms with van der Waals surface area (Å²) in [4.78, 5) is 7.36. The van der Waals surface area contributed by atoms with Gasteiger partial charge in [0.1, 0.15) is 17.3 Å². The number of ether oxygens (including phenoxy) is 1. The van der Waals surface area contributed by atoms with Crippen molar-refractivity contribution in [1.82, 2.24) is 14.1 Å². The van der Waals surface area contributed by atoms with Gasteiger partial charge in [-0.1, -0.05) is 180 Å². The van der Waals surface area contributed by atoms with Crippen molar-refractivity contribution in [2.75, 3.05) is 4.90 Å². The molecule has 0 fully saturated rings. The Labute approximate surface area is 461 Å².